The molecule has 0 N–H and O–H groups in total. The average Bonchev–Trinajstić information content (AvgIpc) is 2.08. The van der Waals surface area contributed by atoms with Crippen molar-refractivity contribution in [3.63, 3.8) is 0 Å². The van der Waals surface area contributed by atoms with Gasteiger partial charge in [0.1, 0.15) is 5.38 Å². The molecule has 0 aromatic heterocycles. The van der Waals surface area contributed by atoms with Crippen molar-refractivity contribution in [2.75, 3.05) is 6.54 Å². The van der Waals surface area contributed by atoms with Crippen LogP contribution in [0.3, 0.4) is 0 Å². The van der Waals surface area contributed by atoms with Crippen LogP contribution < -0.4 is 0 Å². The number of carbonyl (C=O) groups is 1. The second kappa shape index (κ2) is 4.32. The monoisotopic (exact) mass is 203 g/mol. The van der Waals surface area contributed by atoms with Gasteiger partial charge in [-0.15, -0.1) is 11.6 Å². The van der Waals surface area contributed by atoms with Gasteiger partial charge in [0, 0.05) is 12.6 Å². The minimum absolute atomic E-state index is 0.0840. The van der Waals surface area contributed by atoms with E-state index in [1.165, 1.54) is 6.42 Å². The lowest BCUT2D eigenvalue weighted by atomic mass is 9.92. The summed E-state index contributed by atoms with van der Waals surface area (Å²) in [6.07, 6.45) is 2.34. The maximum absolute atomic E-state index is 11.6. The molecule has 1 amide bonds. The Balaban J connectivity index is 2.62. The Kier molecular flexibility index (Phi) is 3.60. The first-order valence-corrected chi connectivity index (χ1v) is 5.42. The van der Waals surface area contributed by atoms with Crippen LogP contribution in [-0.4, -0.2) is 28.8 Å². The van der Waals surface area contributed by atoms with Gasteiger partial charge in [-0.3, -0.25) is 4.79 Å². The van der Waals surface area contributed by atoms with E-state index < -0.39 is 0 Å². The number of nitrogens with zero attached hydrogens (tertiary/aromatic N) is 1. The molecule has 1 aliphatic heterocycles. The molecule has 1 fully saturated rings. The Morgan fingerprint density at radius 3 is 2.69 bits per heavy atom. The first-order chi connectivity index (χ1) is 6.04. The fourth-order valence-electron chi connectivity index (χ4n) is 1.88. The van der Waals surface area contributed by atoms with Crippen molar-refractivity contribution in [2.45, 2.75) is 45.0 Å². The first-order valence-electron chi connectivity index (χ1n) is 4.98. The number of rotatable bonds is 1. The zero-order valence-corrected chi connectivity index (χ0v) is 9.34. The highest BCUT2D eigenvalue weighted by atomic mass is 35.5. The normalized spacial score (nSPS) is 31.5. The number of halogens is 1. The van der Waals surface area contributed by atoms with Gasteiger partial charge in [-0.05, 0) is 32.6 Å². The van der Waals surface area contributed by atoms with Gasteiger partial charge in [0.05, 0.1) is 0 Å². The second-order valence-corrected chi connectivity index (χ2v) is 4.66. The molecule has 0 spiro atoms. The Bertz CT molecular complexity index is 193. The number of alkyl halides is 1. The van der Waals surface area contributed by atoms with E-state index in [1.54, 1.807) is 6.92 Å². The molecule has 3 unspecified atom stereocenters. The Morgan fingerprint density at radius 2 is 2.15 bits per heavy atom. The third-order valence-electron chi connectivity index (χ3n) is 3.00. The summed E-state index contributed by atoms with van der Waals surface area (Å²) in [5, 5.41) is -0.382. The van der Waals surface area contributed by atoms with Crippen LogP contribution in [0.4, 0.5) is 0 Å². The van der Waals surface area contributed by atoms with Crippen LogP contribution in [0.1, 0.15) is 33.6 Å². The summed E-state index contributed by atoms with van der Waals surface area (Å²) in [6.45, 7) is 6.93. The summed E-state index contributed by atoms with van der Waals surface area (Å²) in [7, 11) is 0. The SMILES string of the molecule is CC(Cl)C(=O)N1CCCC(C)C1C. The van der Waals surface area contributed by atoms with Crippen molar-refractivity contribution in [2.24, 2.45) is 5.92 Å². The second-order valence-electron chi connectivity index (χ2n) is 4.01. The number of hydrogen-bond acceptors (Lipinski definition) is 1. The molecule has 0 saturated carbocycles. The maximum Gasteiger partial charge on any atom is 0.240 e. The number of piperidine rings is 1. The summed E-state index contributed by atoms with van der Waals surface area (Å²) < 4.78 is 0. The molecule has 0 bridgehead atoms. The maximum atomic E-state index is 11.6. The topological polar surface area (TPSA) is 20.3 Å². The molecule has 1 rings (SSSR count). The van der Waals surface area contributed by atoms with Crippen molar-refractivity contribution < 1.29 is 4.79 Å². The van der Waals surface area contributed by atoms with Crippen LogP contribution in [-0.2, 0) is 4.79 Å². The van der Waals surface area contributed by atoms with E-state index in [0.717, 1.165) is 13.0 Å². The summed E-state index contributed by atoms with van der Waals surface area (Å²) >= 11 is 5.78. The molecule has 1 saturated heterocycles. The molecule has 0 aromatic rings. The molecule has 0 radical (unpaired) electrons. The number of amides is 1. The average molecular weight is 204 g/mol. The molecule has 3 heteroatoms. The van der Waals surface area contributed by atoms with Crippen molar-refractivity contribution in [3.8, 4) is 0 Å². The largest absolute Gasteiger partial charge is 0.338 e. The zero-order valence-electron chi connectivity index (χ0n) is 8.59. The van der Waals surface area contributed by atoms with E-state index >= 15 is 0 Å². The summed E-state index contributed by atoms with van der Waals surface area (Å²) in [5.41, 5.74) is 0. The fourth-order valence-corrected chi connectivity index (χ4v) is 2.00. The van der Waals surface area contributed by atoms with Gasteiger partial charge in [-0.1, -0.05) is 6.92 Å². The van der Waals surface area contributed by atoms with Gasteiger partial charge in [0.25, 0.3) is 0 Å². The summed E-state index contributed by atoms with van der Waals surface area (Å²) in [4.78, 5) is 13.6. The standard InChI is InChI=1S/C10H18ClNO/c1-7-5-4-6-12(9(7)3)10(13)8(2)11/h7-9H,4-6H2,1-3H3. The van der Waals surface area contributed by atoms with Crippen LogP contribution in [0.2, 0.25) is 0 Å². The van der Waals surface area contributed by atoms with Gasteiger partial charge in [0.15, 0.2) is 0 Å². The summed E-state index contributed by atoms with van der Waals surface area (Å²) in [6, 6.07) is 0.349. The lowest BCUT2D eigenvalue weighted by molar-refractivity contribution is -0.135. The molecule has 13 heavy (non-hydrogen) atoms. The molecule has 1 aliphatic rings. The molecular weight excluding hydrogens is 186 g/mol. The minimum atomic E-state index is -0.382. The molecular formula is C10H18ClNO. The van der Waals surface area contributed by atoms with E-state index in [2.05, 4.69) is 13.8 Å². The third-order valence-corrected chi connectivity index (χ3v) is 3.18. The molecule has 0 aliphatic carbocycles. The van der Waals surface area contributed by atoms with Crippen LogP contribution in [0.5, 0.6) is 0 Å². The number of likely N-dealkylation sites (tertiary alicyclic amines) is 1. The Labute approximate surface area is 85.2 Å². The highest BCUT2D eigenvalue weighted by molar-refractivity contribution is 6.30. The van der Waals surface area contributed by atoms with Crippen LogP contribution >= 0.6 is 11.6 Å². The van der Waals surface area contributed by atoms with Crippen LogP contribution in [0, 0.1) is 5.92 Å². The smallest absolute Gasteiger partial charge is 0.240 e. The van der Waals surface area contributed by atoms with Gasteiger partial charge in [-0.25, -0.2) is 0 Å². The first kappa shape index (κ1) is 10.8. The predicted molar refractivity (Wildman–Crippen MR) is 54.9 cm³/mol. The lowest BCUT2D eigenvalue weighted by Gasteiger charge is -2.38. The van der Waals surface area contributed by atoms with Crippen LogP contribution in [0.15, 0.2) is 0 Å². The molecule has 76 valence electrons. The Morgan fingerprint density at radius 1 is 1.54 bits per heavy atom. The number of hydrogen-bond donors (Lipinski definition) is 0. The van der Waals surface area contributed by atoms with E-state index in [-0.39, 0.29) is 11.3 Å². The lowest BCUT2D eigenvalue weighted by Crippen LogP contribution is -2.48. The highest BCUT2D eigenvalue weighted by Gasteiger charge is 2.29. The van der Waals surface area contributed by atoms with Crippen molar-refractivity contribution >= 4 is 17.5 Å². The highest BCUT2D eigenvalue weighted by Crippen LogP contribution is 2.23. The number of carbonyl (C=O) groups excluding carboxylic acids is 1. The van der Waals surface area contributed by atoms with E-state index in [4.69, 9.17) is 11.6 Å². The quantitative estimate of drug-likeness (QED) is 0.599. The third kappa shape index (κ3) is 2.37. The predicted octanol–water partition coefficient (Wildman–Crippen LogP) is 2.26. The van der Waals surface area contributed by atoms with E-state index in [0.29, 0.717) is 12.0 Å². The van der Waals surface area contributed by atoms with Crippen LogP contribution in [0.25, 0.3) is 0 Å². The summed E-state index contributed by atoms with van der Waals surface area (Å²) in [5.74, 6) is 0.689. The molecule has 0 aromatic carbocycles. The molecule has 1 heterocycles. The fraction of sp³-hybridized carbons (Fsp3) is 0.900. The Hall–Kier alpha value is -0.240. The van der Waals surface area contributed by atoms with E-state index in [1.807, 2.05) is 4.90 Å². The van der Waals surface area contributed by atoms with Gasteiger partial charge in [0.2, 0.25) is 5.91 Å². The van der Waals surface area contributed by atoms with Crippen molar-refractivity contribution in [1.29, 1.82) is 0 Å². The van der Waals surface area contributed by atoms with Gasteiger partial charge < -0.3 is 4.90 Å². The zero-order chi connectivity index (χ0) is 10.0. The molecule has 3 atom stereocenters. The molecule has 2 nitrogen and oxygen atoms in total. The van der Waals surface area contributed by atoms with Crippen molar-refractivity contribution in [1.82, 2.24) is 4.90 Å². The van der Waals surface area contributed by atoms with Crippen molar-refractivity contribution in [3.05, 3.63) is 0 Å². The van der Waals surface area contributed by atoms with Gasteiger partial charge >= 0.3 is 0 Å². The minimum Gasteiger partial charge on any atom is -0.338 e. The van der Waals surface area contributed by atoms with E-state index in [9.17, 15) is 4.79 Å². The van der Waals surface area contributed by atoms with Gasteiger partial charge in [-0.2, -0.15) is 0 Å².